The van der Waals surface area contributed by atoms with Gasteiger partial charge in [-0.25, -0.2) is 4.79 Å². The Kier molecular flexibility index (Phi) is 8.14. The number of carboxylic acids is 1. The van der Waals surface area contributed by atoms with E-state index >= 15 is 0 Å². The molecule has 2 aliphatic carbocycles. The first kappa shape index (κ1) is 30.5. The smallest absolute Gasteiger partial charge is 0.341 e. The Morgan fingerprint density at radius 1 is 0.830 bits per heavy atom. The van der Waals surface area contributed by atoms with Crippen molar-refractivity contribution in [3.8, 4) is 34.5 Å². The van der Waals surface area contributed by atoms with E-state index in [0.29, 0.717) is 47.3 Å². The van der Waals surface area contributed by atoms with E-state index < -0.39 is 29.9 Å². The zero-order chi connectivity index (χ0) is 32.5. The lowest BCUT2D eigenvalue weighted by Gasteiger charge is -2.38. The summed E-state index contributed by atoms with van der Waals surface area (Å²) in [4.78, 5) is 26.4. The van der Waals surface area contributed by atoms with Crippen LogP contribution >= 0.6 is 0 Å². The lowest BCUT2D eigenvalue weighted by atomic mass is 9.64. The lowest BCUT2D eigenvalue weighted by molar-refractivity contribution is -0.141. The molecular formula is C38H36O9. The van der Waals surface area contributed by atoms with Gasteiger partial charge in [-0.3, -0.25) is 4.79 Å². The van der Waals surface area contributed by atoms with Crippen LogP contribution in [0.3, 0.4) is 0 Å². The summed E-state index contributed by atoms with van der Waals surface area (Å²) in [5, 5.41) is 9.61. The fraction of sp³-hybridized carbons (Fsp3) is 0.316. The van der Waals surface area contributed by atoms with Crippen LogP contribution in [0.1, 0.15) is 53.1 Å². The molecule has 7 rings (SSSR count). The Balaban J connectivity index is 1.46. The molecule has 1 aliphatic heterocycles. The molecule has 1 heterocycles. The quantitative estimate of drug-likeness (QED) is 0.150. The molecule has 3 aliphatic rings. The summed E-state index contributed by atoms with van der Waals surface area (Å²) in [6, 6.07) is 22.7. The Morgan fingerprint density at radius 2 is 1.62 bits per heavy atom. The molecule has 0 spiro atoms. The third kappa shape index (κ3) is 5.49. The van der Waals surface area contributed by atoms with Crippen molar-refractivity contribution < 1.29 is 43.1 Å². The van der Waals surface area contributed by atoms with E-state index in [1.54, 1.807) is 12.1 Å². The SMILES string of the molecule is CCCOc1ccc2c(c1)[C@](c1ccc3c(c1)OCO3)(c1ccc(OC)cc1OCC(=O)O)[C@H](C(=O)Oc1ccc3c(c1)CCC3)C2. The molecule has 0 saturated carbocycles. The van der Waals surface area contributed by atoms with Crippen LogP contribution in [-0.4, -0.2) is 44.2 Å². The topological polar surface area (TPSA) is 110 Å². The van der Waals surface area contributed by atoms with Crippen LogP contribution in [0.25, 0.3) is 0 Å². The second-order valence-corrected chi connectivity index (χ2v) is 12.0. The van der Waals surface area contributed by atoms with Gasteiger partial charge in [0.2, 0.25) is 6.79 Å². The minimum absolute atomic E-state index is 0.0800. The molecular weight excluding hydrogens is 600 g/mol. The van der Waals surface area contributed by atoms with Crippen molar-refractivity contribution in [2.45, 2.75) is 44.4 Å². The molecule has 0 fully saturated rings. The molecule has 47 heavy (non-hydrogen) atoms. The highest BCUT2D eigenvalue weighted by Crippen LogP contribution is 2.57. The van der Waals surface area contributed by atoms with Crippen molar-refractivity contribution in [1.82, 2.24) is 0 Å². The highest BCUT2D eigenvalue weighted by molar-refractivity contribution is 5.84. The first-order valence-electron chi connectivity index (χ1n) is 15.9. The summed E-state index contributed by atoms with van der Waals surface area (Å²) in [5.41, 5.74) is 4.34. The van der Waals surface area contributed by atoms with Crippen LogP contribution in [-0.2, 0) is 34.3 Å². The molecule has 0 radical (unpaired) electrons. The molecule has 0 aromatic heterocycles. The van der Waals surface area contributed by atoms with Crippen LogP contribution < -0.4 is 28.4 Å². The van der Waals surface area contributed by atoms with Crippen molar-refractivity contribution in [3.63, 3.8) is 0 Å². The number of aliphatic carboxylic acids is 1. The fourth-order valence-corrected chi connectivity index (χ4v) is 7.23. The maximum atomic E-state index is 14.7. The third-order valence-corrected chi connectivity index (χ3v) is 9.29. The number of aryl methyl sites for hydroxylation is 2. The van der Waals surface area contributed by atoms with Gasteiger partial charge in [0.1, 0.15) is 23.0 Å². The number of carboxylic acid groups (broad SMARTS) is 1. The van der Waals surface area contributed by atoms with Gasteiger partial charge in [-0.2, -0.15) is 0 Å². The van der Waals surface area contributed by atoms with Gasteiger partial charge in [0.05, 0.1) is 25.0 Å². The number of hydrogen-bond acceptors (Lipinski definition) is 8. The van der Waals surface area contributed by atoms with Crippen LogP contribution in [0.15, 0.2) is 72.8 Å². The Morgan fingerprint density at radius 3 is 2.45 bits per heavy atom. The first-order chi connectivity index (χ1) is 22.9. The summed E-state index contributed by atoms with van der Waals surface area (Å²) >= 11 is 0. The van der Waals surface area contributed by atoms with E-state index in [9.17, 15) is 14.7 Å². The molecule has 9 heteroatoms. The molecule has 0 unspecified atom stereocenters. The second kappa shape index (κ2) is 12.5. The van der Waals surface area contributed by atoms with Crippen molar-refractivity contribution in [2.75, 3.05) is 27.1 Å². The van der Waals surface area contributed by atoms with Crippen LogP contribution in [0.4, 0.5) is 0 Å². The molecule has 0 amide bonds. The van der Waals surface area contributed by atoms with E-state index in [4.69, 9.17) is 28.4 Å². The average molecular weight is 637 g/mol. The van der Waals surface area contributed by atoms with E-state index in [1.165, 1.54) is 18.2 Å². The van der Waals surface area contributed by atoms with Gasteiger partial charge in [-0.15, -0.1) is 0 Å². The summed E-state index contributed by atoms with van der Waals surface area (Å²) in [6.07, 6.45) is 4.23. The van der Waals surface area contributed by atoms with Gasteiger partial charge in [0, 0.05) is 11.6 Å². The van der Waals surface area contributed by atoms with E-state index in [-0.39, 0.29) is 12.5 Å². The first-order valence-corrected chi connectivity index (χ1v) is 15.9. The normalized spacial score (nSPS) is 18.7. The van der Waals surface area contributed by atoms with E-state index in [0.717, 1.165) is 42.4 Å². The number of carbonyl (C=O) groups excluding carboxylic acids is 1. The summed E-state index contributed by atoms with van der Waals surface area (Å²) in [5.74, 6) is 0.696. The number of fused-ring (bicyclic) bond motifs is 3. The maximum Gasteiger partial charge on any atom is 0.341 e. The van der Waals surface area contributed by atoms with Gasteiger partial charge in [-0.05, 0) is 102 Å². The van der Waals surface area contributed by atoms with Crippen molar-refractivity contribution >= 4 is 11.9 Å². The third-order valence-electron chi connectivity index (χ3n) is 9.29. The van der Waals surface area contributed by atoms with Gasteiger partial charge in [-0.1, -0.05) is 31.2 Å². The van der Waals surface area contributed by atoms with Crippen LogP contribution in [0.2, 0.25) is 0 Å². The number of esters is 1. The summed E-state index contributed by atoms with van der Waals surface area (Å²) in [7, 11) is 1.53. The highest BCUT2D eigenvalue weighted by Gasteiger charge is 2.55. The van der Waals surface area contributed by atoms with Crippen molar-refractivity contribution in [3.05, 3.63) is 106 Å². The predicted octanol–water partition coefficient (Wildman–Crippen LogP) is 6.28. The summed E-state index contributed by atoms with van der Waals surface area (Å²) < 4.78 is 35.3. The largest absolute Gasteiger partial charge is 0.497 e. The average Bonchev–Trinajstić information content (AvgIpc) is 3.83. The fourth-order valence-electron chi connectivity index (χ4n) is 7.23. The van der Waals surface area contributed by atoms with Gasteiger partial charge >= 0.3 is 11.9 Å². The molecule has 0 bridgehead atoms. The number of ether oxygens (including phenoxy) is 6. The Hall–Kier alpha value is -5.18. The number of methoxy groups -OCH3 is 1. The highest BCUT2D eigenvalue weighted by atomic mass is 16.7. The molecule has 4 aromatic carbocycles. The molecule has 242 valence electrons. The van der Waals surface area contributed by atoms with Gasteiger partial charge < -0.3 is 33.5 Å². The van der Waals surface area contributed by atoms with E-state index in [2.05, 4.69) is 0 Å². The molecule has 2 atom stereocenters. The van der Waals surface area contributed by atoms with Gasteiger partial charge in [0.15, 0.2) is 18.1 Å². The van der Waals surface area contributed by atoms with E-state index in [1.807, 2.05) is 67.6 Å². The number of benzene rings is 4. The van der Waals surface area contributed by atoms with Crippen LogP contribution in [0, 0.1) is 5.92 Å². The lowest BCUT2D eigenvalue weighted by Crippen LogP contribution is -2.41. The standard InChI is InChI=1S/C38H36O9/c1-3-15-43-28-10-8-25-17-32(37(41)47-29-11-7-23-5-4-6-24(23)16-29)38(31(25)19-28,26-9-14-33-35(18-26)46-22-45-33)30-13-12-27(42-2)20-34(30)44-21-36(39)40/h7-14,16,18-20,32H,3-6,15,17,21-22H2,1-2H3,(H,39,40)/t32-,38-/m0/s1. The Labute approximate surface area is 272 Å². The minimum atomic E-state index is -1.21. The molecule has 9 nitrogen and oxygen atoms in total. The maximum absolute atomic E-state index is 14.7. The number of carbonyl (C=O) groups is 2. The molecule has 1 N–H and O–H groups in total. The number of rotatable bonds is 11. The Bertz CT molecular complexity index is 1850. The zero-order valence-electron chi connectivity index (χ0n) is 26.4. The molecule has 4 aromatic rings. The number of hydrogen-bond donors (Lipinski definition) is 1. The van der Waals surface area contributed by atoms with Gasteiger partial charge in [0.25, 0.3) is 0 Å². The van der Waals surface area contributed by atoms with Crippen molar-refractivity contribution in [1.29, 1.82) is 0 Å². The summed E-state index contributed by atoms with van der Waals surface area (Å²) in [6.45, 7) is 2.05. The van der Waals surface area contributed by atoms with Crippen LogP contribution in [0.5, 0.6) is 34.5 Å². The molecule has 0 saturated heterocycles. The van der Waals surface area contributed by atoms with Crippen molar-refractivity contribution in [2.24, 2.45) is 5.92 Å². The minimum Gasteiger partial charge on any atom is -0.497 e. The zero-order valence-corrected chi connectivity index (χ0v) is 26.4. The second-order valence-electron chi connectivity index (χ2n) is 12.0. The monoisotopic (exact) mass is 636 g/mol. The predicted molar refractivity (Wildman–Crippen MR) is 172 cm³/mol.